The zero-order chi connectivity index (χ0) is 24.2. The van der Waals surface area contributed by atoms with E-state index in [1.54, 1.807) is 46.9 Å². The Balaban J connectivity index is 1.73. The van der Waals surface area contributed by atoms with Crippen molar-refractivity contribution in [3.8, 4) is 0 Å². The third kappa shape index (κ3) is 4.46. The van der Waals surface area contributed by atoms with E-state index in [2.05, 4.69) is 16.7 Å². The number of hydrogen-bond acceptors (Lipinski definition) is 5. The molecule has 0 spiro atoms. The first kappa shape index (κ1) is 22.9. The van der Waals surface area contributed by atoms with Crippen LogP contribution in [0.4, 0.5) is 4.39 Å². The van der Waals surface area contributed by atoms with E-state index in [1.165, 1.54) is 12.1 Å². The van der Waals surface area contributed by atoms with E-state index in [9.17, 15) is 14.0 Å². The van der Waals surface area contributed by atoms with Crippen LogP contribution in [0, 0.1) is 12.7 Å². The number of hydrogen-bond donors (Lipinski definition) is 3. The number of nitrogens with one attached hydrogen (secondary N) is 2. The van der Waals surface area contributed by atoms with Crippen molar-refractivity contribution in [2.24, 2.45) is 0 Å². The number of H-pyrrole nitrogens is 1. The molecule has 3 aromatic rings. The number of fused-ring (bicyclic) bond motifs is 1. The van der Waals surface area contributed by atoms with Crippen molar-refractivity contribution in [3.05, 3.63) is 94.4 Å². The number of carbonyl (C=O) groups is 2. The number of aromatic amines is 1. The SMILES string of the molecule is C=C/C=C\c1[nH]cc(/C(=C\c2ccc(F)cc2)C(=O)N2CCc3onc(C(=O)NO)c3C2)c1C. The van der Waals surface area contributed by atoms with Crippen LogP contribution in [0.1, 0.15) is 44.2 Å². The maximum absolute atomic E-state index is 13.8. The standard InChI is InChI=1S/C25H23FN4O4/c1-3-4-5-21-15(2)19(13-27-21)18(12-16-6-8-17(26)9-7-16)25(32)30-11-10-22-20(14-30)23(29-34-22)24(31)28-33/h3-9,12-13,27,33H,1,10-11,14H2,2H3,(H,28,31)/b5-4-,18-12+. The summed E-state index contributed by atoms with van der Waals surface area (Å²) in [6, 6.07) is 5.86. The molecule has 0 atom stereocenters. The molecule has 4 rings (SSSR count). The first-order valence-corrected chi connectivity index (χ1v) is 10.6. The molecule has 3 heterocycles. The lowest BCUT2D eigenvalue weighted by atomic mass is 9.98. The van der Waals surface area contributed by atoms with Gasteiger partial charge in [-0.05, 0) is 42.3 Å². The molecule has 3 N–H and O–H groups in total. The minimum Gasteiger partial charge on any atom is -0.361 e. The average molecular weight is 462 g/mol. The lowest BCUT2D eigenvalue weighted by Gasteiger charge is -2.27. The highest BCUT2D eigenvalue weighted by molar-refractivity contribution is 6.24. The Kier molecular flexibility index (Phi) is 6.55. The molecular weight excluding hydrogens is 439 g/mol. The van der Waals surface area contributed by atoms with Crippen molar-refractivity contribution in [1.82, 2.24) is 20.5 Å². The van der Waals surface area contributed by atoms with E-state index < -0.39 is 5.91 Å². The number of carbonyl (C=O) groups excluding carboxylic acids is 2. The van der Waals surface area contributed by atoms with E-state index >= 15 is 0 Å². The predicted octanol–water partition coefficient (Wildman–Crippen LogP) is 3.89. The van der Waals surface area contributed by atoms with E-state index in [0.717, 1.165) is 11.3 Å². The van der Waals surface area contributed by atoms with Gasteiger partial charge in [-0.3, -0.25) is 14.8 Å². The fourth-order valence-corrected chi connectivity index (χ4v) is 3.89. The van der Waals surface area contributed by atoms with Gasteiger partial charge in [0, 0.05) is 41.6 Å². The van der Waals surface area contributed by atoms with Crippen LogP contribution >= 0.6 is 0 Å². The zero-order valence-electron chi connectivity index (χ0n) is 18.5. The van der Waals surface area contributed by atoms with Crippen molar-refractivity contribution in [3.63, 3.8) is 0 Å². The lowest BCUT2D eigenvalue weighted by molar-refractivity contribution is -0.125. The second kappa shape index (κ2) is 9.72. The lowest BCUT2D eigenvalue weighted by Crippen LogP contribution is -2.37. The summed E-state index contributed by atoms with van der Waals surface area (Å²) in [5, 5.41) is 12.7. The molecule has 2 amide bonds. The van der Waals surface area contributed by atoms with Gasteiger partial charge in [-0.2, -0.15) is 0 Å². The maximum Gasteiger partial charge on any atom is 0.297 e. The summed E-state index contributed by atoms with van der Waals surface area (Å²) >= 11 is 0. The summed E-state index contributed by atoms with van der Waals surface area (Å²) in [5.74, 6) is -0.943. The topological polar surface area (TPSA) is 111 Å². The Labute approximate surface area is 195 Å². The zero-order valence-corrected chi connectivity index (χ0v) is 18.5. The van der Waals surface area contributed by atoms with Crippen molar-refractivity contribution in [1.29, 1.82) is 0 Å². The summed E-state index contributed by atoms with van der Waals surface area (Å²) in [7, 11) is 0. The minimum atomic E-state index is -0.804. The molecule has 1 aliphatic heterocycles. The Hall–Kier alpha value is -4.24. The molecule has 1 aromatic carbocycles. The summed E-state index contributed by atoms with van der Waals surface area (Å²) in [6.45, 7) is 6.03. The molecule has 0 saturated heterocycles. The number of hydroxylamine groups is 1. The summed E-state index contributed by atoms with van der Waals surface area (Å²) in [4.78, 5) is 30.5. The van der Waals surface area contributed by atoms with Crippen molar-refractivity contribution in [2.75, 3.05) is 6.54 Å². The van der Waals surface area contributed by atoms with E-state index in [-0.39, 0.29) is 24.0 Å². The van der Waals surface area contributed by atoms with Crippen LogP contribution in [0.25, 0.3) is 17.7 Å². The van der Waals surface area contributed by atoms with Crippen LogP contribution in [0.2, 0.25) is 0 Å². The molecule has 0 saturated carbocycles. The molecule has 34 heavy (non-hydrogen) atoms. The van der Waals surface area contributed by atoms with Gasteiger partial charge in [-0.15, -0.1) is 0 Å². The van der Waals surface area contributed by atoms with Crippen LogP contribution in [-0.2, 0) is 17.8 Å². The quantitative estimate of drug-likeness (QED) is 0.223. The fourth-order valence-electron chi connectivity index (χ4n) is 3.89. The molecule has 2 aromatic heterocycles. The largest absolute Gasteiger partial charge is 0.361 e. The summed E-state index contributed by atoms with van der Waals surface area (Å²) in [6.07, 6.45) is 9.14. The number of amides is 2. The average Bonchev–Trinajstić information content (AvgIpc) is 3.44. The fraction of sp³-hybridized carbons (Fsp3) is 0.160. The molecule has 1 aliphatic rings. The van der Waals surface area contributed by atoms with Crippen LogP contribution in [0.3, 0.4) is 0 Å². The van der Waals surface area contributed by atoms with Gasteiger partial charge >= 0.3 is 0 Å². The molecule has 9 heteroatoms. The number of nitrogens with zero attached hydrogens (tertiary/aromatic N) is 2. The first-order valence-electron chi connectivity index (χ1n) is 10.6. The minimum absolute atomic E-state index is 0.0614. The molecule has 174 valence electrons. The molecular formula is C25H23FN4O4. The Morgan fingerprint density at radius 2 is 2.09 bits per heavy atom. The second-order valence-corrected chi connectivity index (χ2v) is 7.80. The molecule has 0 fully saturated rings. The van der Waals surface area contributed by atoms with Crippen LogP contribution in [0.15, 0.2) is 53.7 Å². The van der Waals surface area contributed by atoms with Gasteiger partial charge in [0.15, 0.2) is 5.69 Å². The van der Waals surface area contributed by atoms with Crippen molar-refractivity contribution >= 4 is 29.5 Å². The highest BCUT2D eigenvalue weighted by atomic mass is 19.1. The highest BCUT2D eigenvalue weighted by Crippen LogP contribution is 2.30. The number of benzene rings is 1. The van der Waals surface area contributed by atoms with E-state index in [4.69, 9.17) is 9.73 Å². The normalized spacial score (nSPS) is 13.7. The molecule has 8 nitrogen and oxygen atoms in total. The Bertz CT molecular complexity index is 1300. The van der Waals surface area contributed by atoms with E-state index in [0.29, 0.717) is 41.0 Å². The number of halogens is 1. The summed E-state index contributed by atoms with van der Waals surface area (Å²) in [5.41, 5.74) is 5.40. The van der Waals surface area contributed by atoms with Gasteiger partial charge in [-0.1, -0.05) is 36.0 Å². The van der Waals surface area contributed by atoms with Gasteiger partial charge < -0.3 is 14.4 Å². The van der Waals surface area contributed by atoms with Gasteiger partial charge in [0.25, 0.3) is 11.8 Å². The molecule has 0 radical (unpaired) electrons. The molecule has 0 unspecified atom stereocenters. The number of allylic oxidation sites excluding steroid dienone is 2. The molecule has 0 bridgehead atoms. The monoisotopic (exact) mass is 462 g/mol. The van der Waals surface area contributed by atoms with Crippen LogP contribution in [0.5, 0.6) is 0 Å². The van der Waals surface area contributed by atoms with Crippen LogP contribution < -0.4 is 5.48 Å². The first-order chi connectivity index (χ1) is 16.4. The molecule has 0 aliphatic carbocycles. The van der Waals surface area contributed by atoms with Gasteiger partial charge in [0.1, 0.15) is 11.6 Å². The second-order valence-electron chi connectivity index (χ2n) is 7.80. The number of rotatable bonds is 6. The Morgan fingerprint density at radius 1 is 1.32 bits per heavy atom. The highest BCUT2D eigenvalue weighted by Gasteiger charge is 2.31. The van der Waals surface area contributed by atoms with Gasteiger partial charge in [-0.25, -0.2) is 9.87 Å². The maximum atomic E-state index is 13.8. The van der Waals surface area contributed by atoms with Crippen LogP contribution in [-0.4, -0.2) is 38.6 Å². The van der Waals surface area contributed by atoms with Gasteiger partial charge in [0.2, 0.25) is 0 Å². The number of aromatic nitrogens is 2. The predicted molar refractivity (Wildman–Crippen MR) is 124 cm³/mol. The van der Waals surface area contributed by atoms with E-state index in [1.807, 2.05) is 13.0 Å². The third-order valence-corrected chi connectivity index (χ3v) is 5.71. The Morgan fingerprint density at radius 3 is 2.79 bits per heavy atom. The summed E-state index contributed by atoms with van der Waals surface area (Å²) < 4.78 is 18.7. The van der Waals surface area contributed by atoms with Crippen molar-refractivity contribution in [2.45, 2.75) is 19.9 Å². The third-order valence-electron chi connectivity index (χ3n) is 5.71. The van der Waals surface area contributed by atoms with Crippen molar-refractivity contribution < 1.29 is 23.7 Å². The smallest absolute Gasteiger partial charge is 0.297 e. The van der Waals surface area contributed by atoms with Gasteiger partial charge in [0.05, 0.1) is 6.54 Å².